The van der Waals surface area contributed by atoms with Gasteiger partial charge in [0.05, 0.1) is 38.8 Å². The lowest BCUT2D eigenvalue weighted by Crippen LogP contribution is -2.52. The molecule has 0 saturated carbocycles. The maximum absolute atomic E-state index is 14.5. The number of nitrogens with two attached hydrogens (primary N) is 1. The number of aromatic nitrogens is 2. The van der Waals surface area contributed by atoms with Crippen LogP contribution in [0.3, 0.4) is 0 Å². The van der Waals surface area contributed by atoms with Gasteiger partial charge in [-0.25, -0.2) is 23.3 Å². The third-order valence-electron chi connectivity index (χ3n) is 6.73. The summed E-state index contributed by atoms with van der Waals surface area (Å²) in [5, 5.41) is 9.93. The average molecular weight is 621 g/mol. The average Bonchev–Trinajstić information content (AvgIpc) is 3.28. The largest absolute Gasteiger partial charge is 0.496 e. The second kappa shape index (κ2) is 14.1. The zero-order chi connectivity index (χ0) is 32.1. The molecular formula is C29H37FN4O8S. The molecule has 43 heavy (non-hydrogen) atoms. The number of fused-ring (bicyclic) bond motifs is 1. The smallest absolute Gasteiger partial charge is 0.348 e. The van der Waals surface area contributed by atoms with Gasteiger partial charge in [0.15, 0.2) is 0 Å². The van der Waals surface area contributed by atoms with E-state index in [2.05, 4.69) is 4.99 Å². The van der Waals surface area contributed by atoms with Gasteiger partial charge in [-0.1, -0.05) is 0 Å². The molecular weight excluding hydrogens is 583 g/mol. The number of aliphatic carboxylic acids is 1. The van der Waals surface area contributed by atoms with Crippen molar-refractivity contribution in [1.82, 2.24) is 9.13 Å². The molecule has 2 atom stereocenters. The Balaban J connectivity index is 2.27. The number of carboxylic acid groups (broad SMARTS) is 1. The predicted octanol–water partition coefficient (Wildman–Crippen LogP) is 3.24. The second-order valence-electron chi connectivity index (χ2n) is 10.4. The predicted molar refractivity (Wildman–Crippen MR) is 161 cm³/mol. The van der Waals surface area contributed by atoms with Crippen LogP contribution in [0.5, 0.6) is 5.75 Å². The fourth-order valence-corrected chi connectivity index (χ4v) is 5.64. The third kappa shape index (κ3) is 7.20. The first-order valence-electron chi connectivity index (χ1n) is 13.6. The van der Waals surface area contributed by atoms with Crippen LogP contribution in [-0.2, 0) is 26.4 Å². The lowest BCUT2D eigenvalue weighted by molar-refractivity contribution is -0.146. The number of ether oxygens (including phenoxy) is 3. The molecule has 2 aromatic heterocycles. The number of rotatable bonds is 14. The van der Waals surface area contributed by atoms with Gasteiger partial charge in [0.25, 0.3) is 5.56 Å². The number of benzene rings is 1. The highest BCUT2D eigenvalue weighted by Gasteiger charge is 2.36. The molecule has 14 heteroatoms. The molecule has 0 spiro atoms. The number of hydrogen-bond donors (Lipinski definition) is 2. The van der Waals surface area contributed by atoms with Crippen molar-refractivity contribution in [3.63, 3.8) is 0 Å². The van der Waals surface area contributed by atoms with Crippen LogP contribution in [0.25, 0.3) is 10.2 Å². The highest BCUT2D eigenvalue weighted by atomic mass is 32.1. The van der Waals surface area contributed by atoms with Crippen molar-refractivity contribution >= 4 is 39.7 Å². The Morgan fingerprint density at radius 1 is 1.28 bits per heavy atom. The minimum absolute atomic E-state index is 0.00465. The molecule has 3 rings (SSSR count). The minimum atomic E-state index is -1.95. The van der Waals surface area contributed by atoms with Crippen LogP contribution in [0.1, 0.15) is 61.0 Å². The topological polar surface area (TPSA) is 164 Å². The highest BCUT2D eigenvalue weighted by Crippen LogP contribution is 2.33. The summed E-state index contributed by atoms with van der Waals surface area (Å²) in [4.78, 5) is 57.1. The molecule has 1 aromatic carbocycles. The van der Waals surface area contributed by atoms with Crippen molar-refractivity contribution < 1.29 is 33.3 Å². The zero-order valence-corrected chi connectivity index (χ0v) is 25.8. The van der Waals surface area contributed by atoms with E-state index in [-0.39, 0.29) is 57.8 Å². The summed E-state index contributed by atoms with van der Waals surface area (Å²) in [5.41, 5.74) is 2.50. The fourth-order valence-electron chi connectivity index (χ4n) is 4.45. The van der Waals surface area contributed by atoms with Gasteiger partial charge in [-0.2, -0.15) is 0 Å². The van der Waals surface area contributed by atoms with Crippen molar-refractivity contribution in [3.05, 3.63) is 60.9 Å². The van der Waals surface area contributed by atoms with Gasteiger partial charge in [-0.3, -0.25) is 14.4 Å². The quantitative estimate of drug-likeness (QED) is 0.156. The highest BCUT2D eigenvalue weighted by molar-refractivity contribution is 7.20. The van der Waals surface area contributed by atoms with Gasteiger partial charge >= 0.3 is 17.6 Å². The number of halogens is 1. The number of aliphatic imine (C=N–C) groups is 1. The molecule has 3 N–H and O–H groups in total. The third-order valence-corrected chi connectivity index (χ3v) is 8.03. The van der Waals surface area contributed by atoms with Gasteiger partial charge < -0.3 is 25.1 Å². The summed E-state index contributed by atoms with van der Waals surface area (Å²) in [5.74, 6) is -2.39. The SMILES string of the molecule is CCOC(=O)c1sc2c(c1C)c(=O)n(C(C)(C)C(=O)O)c(=O)n2C[C@H](OCCC=NCC(C)N)c1cc(F)ccc1OC. The van der Waals surface area contributed by atoms with E-state index in [9.17, 15) is 28.7 Å². The van der Waals surface area contributed by atoms with Crippen molar-refractivity contribution in [2.75, 3.05) is 26.9 Å². The summed E-state index contributed by atoms with van der Waals surface area (Å²) < 4.78 is 33.1. The molecule has 234 valence electrons. The second-order valence-corrected chi connectivity index (χ2v) is 11.4. The van der Waals surface area contributed by atoms with Gasteiger partial charge in [0.2, 0.25) is 0 Å². The van der Waals surface area contributed by atoms with Gasteiger partial charge in [0.1, 0.15) is 32.9 Å². The maximum atomic E-state index is 14.5. The van der Waals surface area contributed by atoms with Crippen molar-refractivity contribution in [1.29, 1.82) is 0 Å². The molecule has 0 amide bonds. The Morgan fingerprint density at radius 3 is 2.58 bits per heavy atom. The fraction of sp³-hybridized carbons (Fsp3) is 0.483. The van der Waals surface area contributed by atoms with E-state index in [1.807, 2.05) is 6.92 Å². The molecule has 0 bridgehead atoms. The van der Waals surface area contributed by atoms with Gasteiger partial charge in [-0.15, -0.1) is 11.3 Å². The number of thiophene rings is 1. The Morgan fingerprint density at radius 2 is 1.98 bits per heavy atom. The summed E-state index contributed by atoms with van der Waals surface area (Å²) in [6.45, 7) is 7.80. The Labute approximate surface area is 251 Å². The molecule has 0 radical (unpaired) electrons. The van der Waals surface area contributed by atoms with Crippen LogP contribution < -0.4 is 21.7 Å². The first-order valence-corrected chi connectivity index (χ1v) is 14.5. The zero-order valence-electron chi connectivity index (χ0n) is 25.0. The van der Waals surface area contributed by atoms with Gasteiger partial charge in [-0.05, 0) is 58.4 Å². The summed E-state index contributed by atoms with van der Waals surface area (Å²) >= 11 is 0.876. The monoisotopic (exact) mass is 620 g/mol. The Kier molecular flexibility index (Phi) is 11.0. The molecule has 0 aliphatic carbocycles. The summed E-state index contributed by atoms with van der Waals surface area (Å²) in [6, 6.07) is 3.74. The van der Waals surface area contributed by atoms with Crippen molar-refractivity contribution in [2.24, 2.45) is 10.7 Å². The maximum Gasteiger partial charge on any atom is 0.348 e. The van der Waals surface area contributed by atoms with Gasteiger partial charge in [0, 0.05) is 24.2 Å². The lowest BCUT2D eigenvalue weighted by Gasteiger charge is -2.25. The van der Waals surface area contributed by atoms with Crippen LogP contribution in [0, 0.1) is 12.7 Å². The van der Waals surface area contributed by atoms with Crippen LogP contribution in [0.15, 0.2) is 32.8 Å². The lowest BCUT2D eigenvalue weighted by atomic mass is 10.0. The minimum Gasteiger partial charge on any atom is -0.496 e. The normalized spacial score (nSPS) is 13.4. The number of carbonyl (C=O) groups is 2. The Hall–Kier alpha value is -3.88. The van der Waals surface area contributed by atoms with E-state index in [0.29, 0.717) is 17.5 Å². The van der Waals surface area contributed by atoms with Crippen molar-refractivity contribution in [3.8, 4) is 5.75 Å². The number of carboxylic acids is 1. The van der Waals surface area contributed by atoms with E-state index < -0.39 is 40.6 Å². The molecule has 3 aromatic rings. The Bertz CT molecular complexity index is 1640. The number of methoxy groups -OCH3 is 1. The molecule has 12 nitrogen and oxygen atoms in total. The van der Waals surface area contributed by atoms with Crippen LogP contribution in [-0.4, -0.2) is 65.3 Å². The molecule has 0 saturated heterocycles. The number of aryl methyl sites for hydroxylation is 1. The molecule has 1 unspecified atom stereocenters. The number of carbonyl (C=O) groups excluding carboxylic acids is 1. The molecule has 2 heterocycles. The summed E-state index contributed by atoms with van der Waals surface area (Å²) in [7, 11) is 1.41. The first kappa shape index (κ1) is 33.6. The van der Waals surface area contributed by atoms with E-state index >= 15 is 0 Å². The van der Waals surface area contributed by atoms with Crippen LogP contribution in [0.2, 0.25) is 0 Å². The molecule has 0 aliphatic rings. The number of hydrogen-bond acceptors (Lipinski definition) is 10. The van der Waals surface area contributed by atoms with Crippen LogP contribution >= 0.6 is 11.3 Å². The standard InChI is InChI=1S/C29H37FN4O8S/c1-7-41-26(36)23-17(3)22-24(35)34(29(4,5)27(37)38)28(39)33(25(22)43-23)15-21(42-12-8-11-32-14-16(2)31)19-13-18(30)9-10-20(19)40-6/h9-11,13,16,21H,7-8,12,14-15,31H2,1-6H3,(H,37,38)/t16?,21-/m0/s1. The summed E-state index contributed by atoms with van der Waals surface area (Å²) in [6.07, 6.45) is 1.03. The molecule has 0 aliphatic heterocycles. The van der Waals surface area contributed by atoms with E-state index in [1.54, 1.807) is 13.1 Å². The van der Waals surface area contributed by atoms with E-state index in [4.69, 9.17) is 19.9 Å². The van der Waals surface area contributed by atoms with Crippen LogP contribution in [0.4, 0.5) is 4.39 Å². The first-order chi connectivity index (χ1) is 20.3. The van der Waals surface area contributed by atoms with E-state index in [1.165, 1.54) is 50.6 Å². The number of esters is 1. The van der Waals surface area contributed by atoms with E-state index in [0.717, 1.165) is 11.3 Å². The molecule has 0 fully saturated rings. The number of nitrogens with zero attached hydrogens (tertiary/aromatic N) is 3. The van der Waals surface area contributed by atoms with Crippen molar-refractivity contribution in [2.45, 2.75) is 65.3 Å².